The van der Waals surface area contributed by atoms with Crippen LogP contribution in [0.3, 0.4) is 0 Å². The maximum atomic E-state index is 11.8. The standard InChI is InChI=1S/C15H12N4O4/c1-10(20)18-15(11-4-2-6-13(8-11)19(21)22)23-14(17-18)12-5-3-7-16-9-12/h2-9,15H,1H3/t15-/m1/s1. The SMILES string of the molecule is CC(=O)N1N=C(c2cccnc2)O[C@@H]1c1cccc([N+](=O)[O-])c1. The zero-order valence-corrected chi connectivity index (χ0v) is 12.1. The van der Waals surface area contributed by atoms with Crippen LogP contribution < -0.4 is 0 Å². The molecule has 0 aliphatic carbocycles. The Morgan fingerprint density at radius 2 is 2.17 bits per heavy atom. The second kappa shape index (κ2) is 5.84. The maximum Gasteiger partial charge on any atom is 0.269 e. The summed E-state index contributed by atoms with van der Waals surface area (Å²) < 4.78 is 5.73. The number of nitro benzene ring substituents is 1. The predicted octanol–water partition coefficient (Wildman–Crippen LogP) is 2.23. The molecule has 0 N–H and O–H groups in total. The minimum Gasteiger partial charge on any atom is -0.446 e. The number of amides is 1. The number of hydrogen-bond donors (Lipinski definition) is 0. The van der Waals surface area contributed by atoms with Crippen molar-refractivity contribution in [2.24, 2.45) is 5.10 Å². The van der Waals surface area contributed by atoms with Gasteiger partial charge in [0.1, 0.15) is 0 Å². The first kappa shape index (κ1) is 14.6. The van der Waals surface area contributed by atoms with Gasteiger partial charge in [-0.15, -0.1) is 5.10 Å². The summed E-state index contributed by atoms with van der Waals surface area (Å²) in [6.45, 7) is 1.35. The lowest BCUT2D eigenvalue weighted by Crippen LogP contribution is -2.25. The molecule has 0 radical (unpaired) electrons. The normalized spacial score (nSPS) is 16.7. The number of aromatic nitrogens is 1. The average molecular weight is 312 g/mol. The van der Waals surface area contributed by atoms with Gasteiger partial charge in [-0.1, -0.05) is 12.1 Å². The van der Waals surface area contributed by atoms with E-state index in [0.29, 0.717) is 11.1 Å². The van der Waals surface area contributed by atoms with Gasteiger partial charge in [-0.2, -0.15) is 5.01 Å². The van der Waals surface area contributed by atoms with Gasteiger partial charge < -0.3 is 4.74 Å². The van der Waals surface area contributed by atoms with Crippen molar-refractivity contribution in [1.82, 2.24) is 9.99 Å². The maximum absolute atomic E-state index is 11.8. The van der Waals surface area contributed by atoms with Crippen molar-refractivity contribution < 1.29 is 14.5 Å². The summed E-state index contributed by atoms with van der Waals surface area (Å²) in [4.78, 5) is 26.2. The molecule has 8 nitrogen and oxygen atoms in total. The van der Waals surface area contributed by atoms with Crippen molar-refractivity contribution in [3.8, 4) is 0 Å². The molecule has 0 unspecified atom stereocenters. The van der Waals surface area contributed by atoms with Crippen LogP contribution in [0, 0.1) is 10.1 Å². The molecule has 1 aliphatic rings. The molecule has 0 spiro atoms. The molecular weight excluding hydrogens is 300 g/mol. The van der Waals surface area contributed by atoms with E-state index >= 15 is 0 Å². The van der Waals surface area contributed by atoms with Gasteiger partial charge in [0, 0.05) is 37.0 Å². The Morgan fingerprint density at radius 3 is 2.83 bits per heavy atom. The monoisotopic (exact) mass is 312 g/mol. The molecule has 1 amide bonds. The second-order valence-corrected chi connectivity index (χ2v) is 4.83. The fourth-order valence-corrected chi connectivity index (χ4v) is 2.18. The number of hydrogen-bond acceptors (Lipinski definition) is 6. The highest BCUT2D eigenvalue weighted by Gasteiger charge is 2.33. The largest absolute Gasteiger partial charge is 0.446 e. The Morgan fingerprint density at radius 1 is 1.35 bits per heavy atom. The quantitative estimate of drug-likeness (QED) is 0.639. The van der Waals surface area contributed by atoms with E-state index in [9.17, 15) is 14.9 Å². The number of rotatable bonds is 3. The van der Waals surface area contributed by atoms with Crippen LogP contribution in [0.25, 0.3) is 0 Å². The van der Waals surface area contributed by atoms with Crippen LogP contribution in [0.5, 0.6) is 0 Å². The van der Waals surface area contributed by atoms with Crippen LogP contribution in [0.4, 0.5) is 5.69 Å². The summed E-state index contributed by atoms with van der Waals surface area (Å²) >= 11 is 0. The number of nitrogens with zero attached hydrogens (tertiary/aromatic N) is 4. The topological polar surface area (TPSA) is 97.9 Å². The molecule has 1 atom stereocenters. The Bertz CT molecular complexity index is 791. The number of benzene rings is 1. The second-order valence-electron chi connectivity index (χ2n) is 4.83. The van der Waals surface area contributed by atoms with Gasteiger partial charge >= 0.3 is 0 Å². The van der Waals surface area contributed by atoms with E-state index < -0.39 is 11.2 Å². The lowest BCUT2D eigenvalue weighted by molar-refractivity contribution is -0.385. The first-order chi connectivity index (χ1) is 11.1. The molecule has 8 heteroatoms. The van der Waals surface area contributed by atoms with Gasteiger partial charge in [-0.05, 0) is 12.1 Å². The van der Waals surface area contributed by atoms with Crippen molar-refractivity contribution in [2.75, 3.05) is 0 Å². The lowest BCUT2D eigenvalue weighted by Gasteiger charge is -2.19. The van der Waals surface area contributed by atoms with Crippen LogP contribution in [-0.2, 0) is 9.53 Å². The third-order valence-electron chi connectivity index (χ3n) is 3.24. The number of pyridine rings is 1. The van der Waals surface area contributed by atoms with Crippen LogP contribution >= 0.6 is 0 Å². The molecule has 0 bridgehead atoms. The van der Waals surface area contributed by atoms with Gasteiger partial charge in [-0.25, -0.2) is 0 Å². The summed E-state index contributed by atoms with van der Waals surface area (Å²) in [5.41, 5.74) is 1.01. The van der Waals surface area contributed by atoms with E-state index in [-0.39, 0.29) is 17.5 Å². The molecule has 0 saturated carbocycles. The smallest absolute Gasteiger partial charge is 0.269 e. The third-order valence-corrected chi connectivity index (χ3v) is 3.24. The Labute approximate surface area is 131 Å². The van der Waals surface area contributed by atoms with Gasteiger partial charge in [-0.3, -0.25) is 19.9 Å². The minimum absolute atomic E-state index is 0.0792. The van der Waals surface area contributed by atoms with Crippen LogP contribution in [-0.4, -0.2) is 26.7 Å². The number of carbonyl (C=O) groups is 1. The number of nitro groups is 1. The van der Waals surface area contributed by atoms with E-state index in [1.807, 2.05) is 0 Å². The fourth-order valence-electron chi connectivity index (χ4n) is 2.18. The number of non-ortho nitro benzene ring substituents is 1. The van der Waals surface area contributed by atoms with E-state index in [4.69, 9.17) is 4.74 Å². The van der Waals surface area contributed by atoms with Gasteiger partial charge in [0.25, 0.3) is 5.69 Å². The van der Waals surface area contributed by atoms with Crippen LogP contribution in [0.2, 0.25) is 0 Å². The Hall–Kier alpha value is -3.29. The minimum atomic E-state index is -0.845. The van der Waals surface area contributed by atoms with Crippen molar-refractivity contribution in [3.63, 3.8) is 0 Å². The van der Waals surface area contributed by atoms with Gasteiger partial charge in [0.05, 0.1) is 10.5 Å². The highest BCUT2D eigenvalue weighted by molar-refractivity contribution is 5.96. The molecule has 116 valence electrons. The van der Waals surface area contributed by atoms with Gasteiger partial charge in [0.15, 0.2) is 0 Å². The molecular formula is C15H12N4O4. The van der Waals surface area contributed by atoms with E-state index in [0.717, 1.165) is 5.01 Å². The highest BCUT2D eigenvalue weighted by Crippen LogP contribution is 2.31. The molecule has 2 heterocycles. The molecule has 1 aromatic heterocycles. The molecule has 1 aromatic carbocycles. The summed E-state index contributed by atoms with van der Waals surface area (Å²) in [6.07, 6.45) is 2.33. The summed E-state index contributed by atoms with van der Waals surface area (Å²) in [7, 11) is 0. The highest BCUT2D eigenvalue weighted by atomic mass is 16.6. The van der Waals surface area contributed by atoms with Crippen molar-refractivity contribution in [2.45, 2.75) is 13.2 Å². The Balaban J connectivity index is 1.96. The van der Waals surface area contributed by atoms with E-state index in [1.54, 1.807) is 30.6 Å². The zero-order valence-electron chi connectivity index (χ0n) is 12.1. The third kappa shape index (κ3) is 2.86. The fraction of sp³-hybridized carbons (Fsp3) is 0.133. The summed E-state index contributed by atoms with van der Waals surface area (Å²) in [5, 5.41) is 16.2. The molecule has 23 heavy (non-hydrogen) atoms. The number of ether oxygens (including phenoxy) is 1. The van der Waals surface area contributed by atoms with Crippen molar-refractivity contribution in [3.05, 3.63) is 70.0 Å². The van der Waals surface area contributed by atoms with E-state index in [1.165, 1.54) is 25.1 Å². The Kier molecular flexibility index (Phi) is 3.71. The van der Waals surface area contributed by atoms with Crippen LogP contribution in [0.15, 0.2) is 53.9 Å². The van der Waals surface area contributed by atoms with E-state index in [2.05, 4.69) is 10.1 Å². The number of carbonyl (C=O) groups excluding carboxylic acids is 1. The van der Waals surface area contributed by atoms with Crippen LogP contribution in [0.1, 0.15) is 24.3 Å². The number of hydrazone groups is 1. The first-order valence-electron chi connectivity index (χ1n) is 6.76. The molecule has 3 rings (SSSR count). The molecule has 1 aliphatic heterocycles. The summed E-state index contributed by atoms with van der Waals surface area (Å²) in [6, 6.07) is 9.40. The molecule has 0 saturated heterocycles. The molecule has 0 fully saturated rings. The first-order valence-corrected chi connectivity index (χ1v) is 6.76. The zero-order chi connectivity index (χ0) is 16.4. The van der Waals surface area contributed by atoms with Crippen molar-refractivity contribution in [1.29, 1.82) is 0 Å². The van der Waals surface area contributed by atoms with Crippen molar-refractivity contribution >= 4 is 17.5 Å². The lowest BCUT2D eigenvalue weighted by atomic mass is 10.1. The molecule has 2 aromatic rings. The average Bonchev–Trinajstić information content (AvgIpc) is 3.01. The summed E-state index contributed by atoms with van der Waals surface area (Å²) in [5.74, 6) is -0.0924. The predicted molar refractivity (Wildman–Crippen MR) is 80.2 cm³/mol. The van der Waals surface area contributed by atoms with Gasteiger partial charge in [0.2, 0.25) is 18.0 Å².